The monoisotopic (exact) mass is 387 g/mol. The number of pyridine rings is 1. The third kappa shape index (κ3) is 4.81. The summed E-state index contributed by atoms with van der Waals surface area (Å²) in [7, 11) is 0. The van der Waals surface area contributed by atoms with Gasteiger partial charge in [-0.15, -0.1) is 0 Å². The topological polar surface area (TPSA) is 79.8 Å². The van der Waals surface area contributed by atoms with Crippen LogP contribution >= 0.6 is 0 Å². The van der Waals surface area contributed by atoms with Gasteiger partial charge in [0.1, 0.15) is 5.69 Å². The van der Waals surface area contributed by atoms with E-state index >= 15 is 0 Å². The van der Waals surface area contributed by atoms with Crippen LogP contribution in [0.25, 0.3) is 0 Å². The summed E-state index contributed by atoms with van der Waals surface area (Å²) < 4.78 is 39.4. The number of alkyl halides is 3. The van der Waals surface area contributed by atoms with E-state index < -0.39 is 17.6 Å². The van der Waals surface area contributed by atoms with E-state index in [9.17, 15) is 18.0 Å². The van der Waals surface area contributed by atoms with Crippen molar-refractivity contribution in [2.24, 2.45) is 0 Å². The van der Waals surface area contributed by atoms with E-state index in [1.165, 1.54) is 24.3 Å². The van der Waals surface area contributed by atoms with Gasteiger partial charge in [-0.05, 0) is 37.3 Å². The predicted molar refractivity (Wildman–Crippen MR) is 96.9 cm³/mol. The summed E-state index contributed by atoms with van der Waals surface area (Å²) in [6, 6.07) is 11.8. The predicted octanol–water partition coefficient (Wildman–Crippen LogP) is 3.87. The number of aromatic nitrogens is 3. The van der Waals surface area contributed by atoms with E-state index in [2.05, 4.69) is 25.6 Å². The average molecular weight is 387 g/mol. The van der Waals surface area contributed by atoms with Crippen LogP contribution in [-0.2, 0) is 12.7 Å². The number of carbonyl (C=O) groups is 1. The maximum absolute atomic E-state index is 13.1. The number of nitrogens with zero attached hydrogens (tertiary/aromatic N) is 3. The standard InChI is InChI=1S/C19H16F3N5O/c1-12-10-16(17(28)24-11-13-6-4-5-9-23-13)27-18(25-12)26-15-8-3-2-7-14(15)19(20,21)22/h2-10H,11H2,1H3,(H,24,28)(H,25,26,27). The molecule has 3 rings (SSSR count). The van der Waals surface area contributed by atoms with Crippen LogP contribution in [0.4, 0.5) is 24.8 Å². The molecule has 3 aromatic rings. The van der Waals surface area contributed by atoms with E-state index in [4.69, 9.17) is 0 Å². The third-order valence-corrected chi connectivity index (χ3v) is 3.72. The Morgan fingerprint density at radius 3 is 2.54 bits per heavy atom. The Hall–Kier alpha value is -3.49. The number of hydrogen-bond acceptors (Lipinski definition) is 5. The van der Waals surface area contributed by atoms with Crippen LogP contribution in [0.3, 0.4) is 0 Å². The zero-order valence-electron chi connectivity index (χ0n) is 14.8. The molecule has 0 aliphatic carbocycles. The van der Waals surface area contributed by atoms with Gasteiger partial charge in [-0.1, -0.05) is 18.2 Å². The molecule has 0 saturated carbocycles. The van der Waals surface area contributed by atoms with Crippen molar-refractivity contribution >= 4 is 17.5 Å². The fourth-order valence-electron chi connectivity index (χ4n) is 2.46. The van der Waals surface area contributed by atoms with Crippen LogP contribution in [0.1, 0.15) is 27.4 Å². The molecule has 1 amide bonds. The average Bonchev–Trinajstić information content (AvgIpc) is 2.66. The quantitative estimate of drug-likeness (QED) is 0.695. The molecule has 9 heteroatoms. The van der Waals surface area contributed by atoms with Gasteiger partial charge in [0.05, 0.1) is 23.5 Å². The Morgan fingerprint density at radius 1 is 1.07 bits per heavy atom. The van der Waals surface area contributed by atoms with E-state index in [1.807, 2.05) is 0 Å². The minimum Gasteiger partial charge on any atom is -0.345 e. The van der Waals surface area contributed by atoms with E-state index in [-0.39, 0.29) is 23.9 Å². The first kappa shape index (κ1) is 19.3. The maximum Gasteiger partial charge on any atom is 0.418 e. The molecular formula is C19H16F3N5O. The number of benzene rings is 1. The highest BCUT2D eigenvalue weighted by atomic mass is 19.4. The van der Waals surface area contributed by atoms with Gasteiger partial charge < -0.3 is 10.6 Å². The summed E-state index contributed by atoms with van der Waals surface area (Å²) in [6.07, 6.45) is -2.92. The smallest absolute Gasteiger partial charge is 0.345 e. The van der Waals surface area contributed by atoms with Crippen molar-refractivity contribution in [2.45, 2.75) is 19.6 Å². The number of nitrogens with one attached hydrogen (secondary N) is 2. The zero-order valence-corrected chi connectivity index (χ0v) is 14.8. The highest BCUT2D eigenvalue weighted by Crippen LogP contribution is 2.35. The zero-order chi connectivity index (χ0) is 20.1. The number of aryl methyl sites for hydroxylation is 1. The van der Waals surface area contributed by atoms with E-state index in [0.29, 0.717) is 11.4 Å². The molecule has 0 radical (unpaired) electrons. The van der Waals surface area contributed by atoms with Gasteiger partial charge in [-0.2, -0.15) is 13.2 Å². The molecule has 144 valence electrons. The number of hydrogen-bond donors (Lipinski definition) is 2. The molecule has 28 heavy (non-hydrogen) atoms. The summed E-state index contributed by atoms with van der Waals surface area (Å²) in [5.74, 6) is -0.581. The Bertz CT molecular complexity index is 977. The lowest BCUT2D eigenvalue weighted by Crippen LogP contribution is -2.25. The first-order valence-corrected chi connectivity index (χ1v) is 8.30. The molecular weight excluding hydrogens is 371 g/mol. The van der Waals surface area contributed by atoms with Crippen molar-refractivity contribution in [1.29, 1.82) is 0 Å². The first-order chi connectivity index (χ1) is 13.3. The van der Waals surface area contributed by atoms with Crippen LogP contribution in [-0.4, -0.2) is 20.9 Å². The normalized spacial score (nSPS) is 11.1. The van der Waals surface area contributed by atoms with Gasteiger partial charge in [0, 0.05) is 11.9 Å². The highest BCUT2D eigenvalue weighted by molar-refractivity contribution is 5.92. The van der Waals surface area contributed by atoms with Gasteiger partial charge >= 0.3 is 6.18 Å². The second-order valence-corrected chi connectivity index (χ2v) is 5.89. The van der Waals surface area contributed by atoms with E-state index in [0.717, 1.165) is 6.07 Å². The number of carbonyl (C=O) groups excluding carboxylic acids is 1. The van der Waals surface area contributed by atoms with Crippen molar-refractivity contribution in [2.75, 3.05) is 5.32 Å². The number of rotatable bonds is 5. The fourth-order valence-corrected chi connectivity index (χ4v) is 2.46. The van der Waals surface area contributed by atoms with Gasteiger partial charge in [0.2, 0.25) is 5.95 Å². The van der Waals surface area contributed by atoms with Crippen LogP contribution in [0.2, 0.25) is 0 Å². The summed E-state index contributed by atoms with van der Waals surface area (Å²) in [5.41, 5.74) is 0.0983. The lowest BCUT2D eigenvalue weighted by Gasteiger charge is -2.14. The van der Waals surface area contributed by atoms with Gasteiger partial charge in [0.25, 0.3) is 5.91 Å². The maximum atomic E-state index is 13.1. The molecule has 0 aliphatic rings. The van der Waals surface area contributed by atoms with Crippen molar-refractivity contribution in [3.8, 4) is 0 Å². The SMILES string of the molecule is Cc1cc(C(=O)NCc2ccccn2)nc(Nc2ccccc2C(F)(F)F)n1. The van der Waals surface area contributed by atoms with Crippen LogP contribution < -0.4 is 10.6 Å². The molecule has 2 heterocycles. The Balaban J connectivity index is 1.80. The molecule has 2 aromatic heterocycles. The van der Waals surface area contributed by atoms with Crippen molar-refractivity contribution in [1.82, 2.24) is 20.3 Å². The van der Waals surface area contributed by atoms with E-state index in [1.54, 1.807) is 31.3 Å². The molecule has 0 aliphatic heterocycles. The first-order valence-electron chi connectivity index (χ1n) is 8.30. The van der Waals surface area contributed by atoms with Gasteiger partial charge in [-0.3, -0.25) is 9.78 Å². The molecule has 0 fully saturated rings. The summed E-state index contributed by atoms with van der Waals surface area (Å²) in [5, 5.41) is 5.22. The second kappa shape index (κ2) is 8.03. The fraction of sp³-hybridized carbons (Fsp3) is 0.158. The van der Waals surface area contributed by atoms with Gasteiger partial charge in [0.15, 0.2) is 0 Å². The molecule has 0 atom stereocenters. The minimum absolute atomic E-state index is 0.0374. The van der Waals surface area contributed by atoms with Gasteiger partial charge in [-0.25, -0.2) is 9.97 Å². The molecule has 2 N–H and O–H groups in total. The van der Waals surface area contributed by atoms with Crippen LogP contribution in [0.15, 0.2) is 54.7 Å². The highest BCUT2D eigenvalue weighted by Gasteiger charge is 2.33. The van der Waals surface area contributed by atoms with Crippen molar-refractivity contribution in [3.05, 3.63) is 77.4 Å². The molecule has 6 nitrogen and oxygen atoms in total. The van der Waals surface area contributed by atoms with Crippen molar-refractivity contribution in [3.63, 3.8) is 0 Å². The Labute approximate surface area is 158 Å². The molecule has 0 bridgehead atoms. The number of para-hydroxylation sites is 1. The summed E-state index contributed by atoms with van der Waals surface area (Å²) in [4.78, 5) is 24.6. The number of halogens is 3. The largest absolute Gasteiger partial charge is 0.418 e. The number of amides is 1. The van der Waals surface area contributed by atoms with Crippen molar-refractivity contribution < 1.29 is 18.0 Å². The van der Waals surface area contributed by atoms with Crippen LogP contribution in [0.5, 0.6) is 0 Å². The lowest BCUT2D eigenvalue weighted by atomic mass is 10.1. The lowest BCUT2D eigenvalue weighted by molar-refractivity contribution is -0.136. The molecule has 1 aromatic carbocycles. The molecule has 0 saturated heterocycles. The Kier molecular flexibility index (Phi) is 5.53. The number of anilines is 2. The minimum atomic E-state index is -4.53. The third-order valence-electron chi connectivity index (χ3n) is 3.72. The summed E-state index contributed by atoms with van der Waals surface area (Å²) >= 11 is 0. The van der Waals surface area contributed by atoms with Crippen LogP contribution in [0, 0.1) is 6.92 Å². The molecule has 0 spiro atoms. The molecule has 0 unspecified atom stereocenters. The Morgan fingerprint density at radius 2 is 1.82 bits per heavy atom. The second-order valence-electron chi connectivity index (χ2n) is 5.89. The summed E-state index contributed by atoms with van der Waals surface area (Å²) in [6.45, 7) is 1.82.